The fourth-order valence-corrected chi connectivity index (χ4v) is 0.880. The van der Waals surface area contributed by atoms with Crippen LogP contribution < -0.4 is 0 Å². The van der Waals surface area contributed by atoms with Gasteiger partial charge in [-0.25, -0.2) is 4.68 Å². The zero-order chi connectivity index (χ0) is 9.90. The van der Waals surface area contributed by atoms with Crippen molar-refractivity contribution >= 4 is 0 Å². The monoisotopic (exact) mass is 182 g/mol. The van der Waals surface area contributed by atoms with E-state index in [1.165, 1.54) is 0 Å². The molecule has 3 nitrogen and oxygen atoms in total. The molecule has 0 saturated carbocycles. The van der Waals surface area contributed by atoms with E-state index in [0.717, 1.165) is 12.0 Å². The topological polar surface area (TPSA) is 27.1 Å². The number of hydrogen-bond donors (Lipinski definition) is 0. The average Bonchev–Trinajstić information content (AvgIpc) is 2.48. The van der Waals surface area contributed by atoms with E-state index in [4.69, 9.17) is 4.74 Å². The molecule has 0 aromatic carbocycles. The maximum absolute atomic E-state index is 5.68. The van der Waals surface area contributed by atoms with Crippen LogP contribution in [-0.2, 0) is 11.5 Å². The molecule has 0 aliphatic heterocycles. The Hall–Kier alpha value is -0.830. The Labute approximate surface area is 79.7 Å². The molecule has 0 aliphatic carbocycles. The molecule has 0 amide bonds. The van der Waals surface area contributed by atoms with Gasteiger partial charge in [0.2, 0.25) is 0 Å². The van der Waals surface area contributed by atoms with Crippen LogP contribution in [0.4, 0.5) is 0 Å². The van der Waals surface area contributed by atoms with Crippen molar-refractivity contribution in [2.75, 3.05) is 0 Å². The minimum absolute atomic E-state index is 0.0557. The normalized spacial score (nSPS) is 12.0. The lowest BCUT2D eigenvalue weighted by molar-refractivity contribution is -0.0623. The molecule has 0 unspecified atom stereocenters. The zero-order valence-corrected chi connectivity index (χ0v) is 8.87. The predicted octanol–water partition coefficient (Wildman–Crippen LogP) is 2.35. The van der Waals surface area contributed by atoms with Crippen LogP contribution in [0, 0.1) is 6.92 Å². The minimum Gasteiger partial charge on any atom is -0.353 e. The van der Waals surface area contributed by atoms with Gasteiger partial charge in [-0.1, -0.05) is 6.92 Å². The van der Waals surface area contributed by atoms with Crippen LogP contribution in [0.1, 0.15) is 32.8 Å². The number of aryl methyl sites for hydroxylation is 1. The second-order valence-corrected chi connectivity index (χ2v) is 3.94. The van der Waals surface area contributed by atoms with Gasteiger partial charge in [-0.15, -0.1) is 0 Å². The molecular formula is C10H18N2O. The van der Waals surface area contributed by atoms with E-state index in [-0.39, 0.29) is 5.60 Å². The van der Waals surface area contributed by atoms with Gasteiger partial charge in [-0.05, 0) is 32.8 Å². The minimum atomic E-state index is -0.0557. The molecule has 1 heterocycles. The predicted molar refractivity (Wildman–Crippen MR) is 52.4 cm³/mol. The molecule has 0 atom stereocenters. The van der Waals surface area contributed by atoms with Crippen molar-refractivity contribution in [1.29, 1.82) is 0 Å². The summed E-state index contributed by atoms with van der Waals surface area (Å²) < 4.78 is 7.49. The summed E-state index contributed by atoms with van der Waals surface area (Å²) in [6.07, 6.45) is 4.82. The molecule has 1 aromatic rings. The summed E-state index contributed by atoms with van der Waals surface area (Å²) in [6.45, 7) is 8.85. The van der Waals surface area contributed by atoms with Crippen molar-refractivity contribution < 1.29 is 4.74 Å². The molecule has 0 bridgehead atoms. The molecule has 0 N–H and O–H groups in total. The van der Waals surface area contributed by atoms with Crippen LogP contribution in [0.2, 0.25) is 0 Å². The van der Waals surface area contributed by atoms with E-state index in [0.29, 0.717) is 6.73 Å². The van der Waals surface area contributed by atoms with Crippen LogP contribution in [0.15, 0.2) is 12.4 Å². The van der Waals surface area contributed by atoms with Gasteiger partial charge in [-0.3, -0.25) is 0 Å². The first kappa shape index (κ1) is 10.3. The van der Waals surface area contributed by atoms with Gasteiger partial charge in [0.1, 0.15) is 6.73 Å². The summed E-state index contributed by atoms with van der Waals surface area (Å²) >= 11 is 0. The Balaban J connectivity index is 2.43. The van der Waals surface area contributed by atoms with Crippen LogP contribution in [0.5, 0.6) is 0 Å². The van der Waals surface area contributed by atoms with E-state index < -0.39 is 0 Å². The fourth-order valence-electron chi connectivity index (χ4n) is 0.880. The maximum Gasteiger partial charge on any atom is 0.140 e. The van der Waals surface area contributed by atoms with Crippen molar-refractivity contribution in [2.24, 2.45) is 0 Å². The van der Waals surface area contributed by atoms with Crippen molar-refractivity contribution in [3.63, 3.8) is 0 Å². The maximum atomic E-state index is 5.68. The van der Waals surface area contributed by atoms with Crippen LogP contribution >= 0.6 is 0 Å². The van der Waals surface area contributed by atoms with E-state index in [1.54, 1.807) is 0 Å². The fraction of sp³-hybridized carbons (Fsp3) is 0.700. The lowest BCUT2D eigenvalue weighted by Gasteiger charge is -2.23. The lowest BCUT2D eigenvalue weighted by Crippen LogP contribution is -2.24. The Morgan fingerprint density at radius 3 is 2.69 bits per heavy atom. The molecule has 0 radical (unpaired) electrons. The molecule has 0 spiro atoms. The number of rotatable bonds is 4. The number of nitrogens with zero attached hydrogens (tertiary/aromatic N) is 2. The first-order valence-electron chi connectivity index (χ1n) is 4.66. The van der Waals surface area contributed by atoms with Crippen LogP contribution in [-0.4, -0.2) is 15.4 Å². The molecule has 0 fully saturated rings. The van der Waals surface area contributed by atoms with Gasteiger partial charge in [0.15, 0.2) is 0 Å². The van der Waals surface area contributed by atoms with Gasteiger partial charge in [0.05, 0.1) is 11.8 Å². The van der Waals surface area contributed by atoms with Gasteiger partial charge in [0.25, 0.3) is 0 Å². The highest BCUT2D eigenvalue weighted by atomic mass is 16.5. The zero-order valence-electron chi connectivity index (χ0n) is 8.87. The highest BCUT2D eigenvalue weighted by Crippen LogP contribution is 2.13. The van der Waals surface area contributed by atoms with Gasteiger partial charge in [0, 0.05) is 6.20 Å². The van der Waals surface area contributed by atoms with Gasteiger partial charge in [-0.2, -0.15) is 5.10 Å². The van der Waals surface area contributed by atoms with E-state index in [2.05, 4.69) is 25.9 Å². The molecule has 13 heavy (non-hydrogen) atoms. The third-order valence-electron chi connectivity index (χ3n) is 2.20. The standard InChI is InChI=1S/C10H18N2O/c1-5-10(3,4)13-8-12-7-9(2)6-11-12/h6-7H,5,8H2,1-4H3. The Morgan fingerprint density at radius 1 is 1.54 bits per heavy atom. The van der Waals surface area contributed by atoms with Gasteiger partial charge >= 0.3 is 0 Å². The first-order valence-corrected chi connectivity index (χ1v) is 4.66. The van der Waals surface area contributed by atoms with Crippen molar-refractivity contribution in [3.8, 4) is 0 Å². The SMILES string of the molecule is CCC(C)(C)OCn1cc(C)cn1. The number of aromatic nitrogens is 2. The molecule has 0 saturated heterocycles. The Bertz CT molecular complexity index is 266. The molecule has 1 rings (SSSR count). The number of ether oxygens (including phenoxy) is 1. The molecule has 74 valence electrons. The molecule has 3 heteroatoms. The average molecular weight is 182 g/mol. The smallest absolute Gasteiger partial charge is 0.140 e. The molecular weight excluding hydrogens is 164 g/mol. The quantitative estimate of drug-likeness (QED) is 0.714. The summed E-state index contributed by atoms with van der Waals surface area (Å²) in [6, 6.07) is 0. The third-order valence-corrected chi connectivity index (χ3v) is 2.20. The highest BCUT2D eigenvalue weighted by Gasteiger charge is 2.14. The van der Waals surface area contributed by atoms with Crippen LogP contribution in [0.3, 0.4) is 0 Å². The van der Waals surface area contributed by atoms with Crippen LogP contribution in [0.25, 0.3) is 0 Å². The van der Waals surface area contributed by atoms with Crippen molar-refractivity contribution in [2.45, 2.75) is 46.4 Å². The van der Waals surface area contributed by atoms with E-state index in [1.807, 2.05) is 24.0 Å². The Morgan fingerprint density at radius 2 is 2.23 bits per heavy atom. The largest absolute Gasteiger partial charge is 0.353 e. The first-order chi connectivity index (χ1) is 6.03. The summed E-state index contributed by atoms with van der Waals surface area (Å²) in [5, 5.41) is 4.14. The number of hydrogen-bond acceptors (Lipinski definition) is 2. The van der Waals surface area contributed by atoms with E-state index in [9.17, 15) is 0 Å². The molecule has 1 aromatic heterocycles. The lowest BCUT2D eigenvalue weighted by atomic mass is 10.1. The summed E-state index contributed by atoms with van der Waals surface area (Å²) in [4.78, 5) is 0. The van der Waals surface area contributed by atoms with Crippen molar-refractivity contribution in [3.05, 3.63) is 18.0 Å². The van der Waals surface area contributed by atoms with E-state index >= 15 is 0 Å². The third kappa shape index (κ3) is 3.19. The summed E-state index contributed by atoms with van der Waals surface area (Å²) in [7, 11) is 0. The summed E-state index contributed by atoms with van der Waals surface area (Å²) in [5.41, 5.74) is 1.11. The second-order valence-electron chi connectivity index (χ2n) is 3.94. The van der Waals surface area contributed by atoms with Gasteiger partial charge < -0.3 is 4.74 Å². The summed E-state index contributed by atoms with van der Waals surface area (Å²) in [5.74, 6) is 0. The van der Waals surface area contributed by atoms with Crippen molar-refractivity contribution in [1.82, 2.24) is 9.78 Å². The second kappa shape index (κ2) is 3.92. The Kier molecular flexibility index (Phi) is 3.09. The highest BCUT2D eigenvalue weighted by molar-refractivity contribution is 4.98. The molecule has 0 aliphatic rings.